The van der Waals surface area contributed by atoms with Gasteiger partial charge in [0.15, 0.2) is 8.32 Å². The number of hydrogen-bond acceptors (Lipinski definition) is 3. The van der Waals surface area contributed by atoms with E-state index in [2.05, 4.69) is 98.0 Å². The molecule has 8 bridgehead atoms. The Kier molecular flexibility index (Phi) is 6.82. The van der Waals surface area contributed by atoms with Crippen LogP contribution in [0.3, 0.4) is 0 Å². The third kappa shape index (κ3) is 4.42. The molecule has 4 heteroatoms. The highest BCUT2D eigenvalue weighted by Gasteiger charge is 2.51. The summed E-state index contributed by atoms with van der Waals surface area (Å²) < 4.78 is 13.8. The fourth-order valence-corrected chi connectivity index (χ4v) is 15.8. The summed E-state index contributed by atoms with van der Waals surface area (Å²) in [5.74, 6) is 5.97. The van der Waals surface area contributed by atoms with Crippen molar-refractivity contribution in [1.82, 2.24) is 0 Å². The number of fused-ring (bicyclic) bond motifs is 33. The van der Waals surface area contributed by atoms with Crippen LogP contribution in [0.1, 0.15) is 188 Å². The Hall–Kier alpha value is -4.64. The van der Waals surface area contributed by atoms with Crippen molar-refractivity contribution in [2.24, 2.45) is 0 Å². The van der Waals surface area contributed by atoms with Gasteiger partial charge < -0.3 is 14.3 Å². The summed E-state index contributed by atoms with van der Waals surface area (Å²) in [6.45, 7) is 4.85. The lowest BCUT2D eigenvalue weighted by atomic mass is 9.76. The third-order valence-electron chi connectivity index (χ3n) is 17.0. The minimum atomic E-state index is -2.00. The van der Waals surface area contributed by atoms with Gasteiger partial charge in [0.05, 0.1) is 13.7 Å². The monoisotopic (exact) mass is 788 g/mol. The molecule has 8 aliphatic rings. The summed E-state index contributed by atoms with van der Waals surface area (Å²) in [6, 6.07) is 35.2. The molecule has 0 aromatic heterocycles. The summed E-state index contributed by atoms with van der Waals surface area (Å²) in [5, 5.41) is 2.51. The Morgan fingerprint density at radius 3 is 1.25 bits per heavy atom. The van der Waals surface area contributed by atoms with E-state index in [4.69, 9.17) is 9.47 Å². The molecule has 1 N–H and O–H groups in total. The quantitative estimate of drug-likeness (QED) is 0.117. The average Bonchev–Trinajstić information content (AvgIpc) is 4.13. The summed E-state index contributed by atoms with van der Waals surface area (Å²) >= 11 is 0. The molecule has 0 fully saturated rings. The summed E-state index contributed by atoms with van der Waals surface area (Å²) in [6.07, 6.45) is 9.22. The lowest BCUT2D eigenvalue weighted by Crippen LogP contribution is -2.23. The smallest absolute Gasteiger partial charge is 0.182 e. The van der Waals surface area contributed by atoms with Crippen LogP contribution in [0.2, 0.25) is 19.1 Å². The van der Waals surface area contributed by atoms with Crippen LogP contribution >= 0.6 is 0 Å². The van der Waals surface area contributed by atoms with Gasteiger partial charge in [-0.25, -0.2) is 0 Å². The first-order valence-corrected chi connectivity index (χ1v) is 26.1. The molecule has 0 saturated heterocycles. The van der Waals surface area contributed by atoms with Crippen molar-refractivity contribution in [2.75, 3.05) is 13.7 Å². The van der Waals surface area contributed by atoms with Crippen LogP contribution in [-0.2, 0) is 0 Å². The minimum absolute atomic E-state index is 0.334. The van der Waals surface area contributed by atoms with Crippen molar-refractivity contribution in [3.63, 3.8) is 0 Å². The minimum Gasteiger partial charge on any atom is -0.496 e. The fraction of sp³-hybridized carbons (Fsp3) is 0.382. The zero-order valence-corrected chi connectivity index (χ0v) is 35.5. The van der Waals surface area contributed by atoms with E-state index in [1.165, 1.54) is 52.3 Å². The molecule has 294 valence electrons. The van der Waals surface area contributed by atoms with E-state index in [0.717, 1.165) is 56.3 Å². The molecular formula is C55H52O3Si. The number of hydrogen-bond donors (Lipinski definition) is 1. The number of methoxy groups -OCH3 is 1. The van der Waals surface area contributed by atoms with Crippen LogP contribution in [0, 0.1) is 0 Å². The number of ether oxygens (including phenoxy) is 2. The Balaban J connectivity index is 0.881. The predicted octanol–water partition coefficient (Wildman–Crippen LogP) is 12.9. The maximum absolute atomic E-state index is 10.4. The molecule has 0 spiro atoms. The van der Waals surface area contributed by atoms with Crippen LogP contribution in [-0.4, -0.2) is 26.8 Å². The predicted molar refractivity (Wildman–Crippen MR) is 238 cm³/mol. The molecule has 0 saturated carbocycles. The van der Waals surface area contributed by atoms with Gasteiger partial charge >= 0.3 is 0 Å². The van der Waals surface area contributed by atoms with Crippen LogP contribution in [0.5, 0.6) is 11.5 Å². The first-order chi connectivity index (χ1) is 28.8. The first-order valence-electron chi connectivity index (χ1n) is 22.9. The van der Waals surface area contributed by atoms with E-state index in [-0.39, 0.29) is 0 Å². The Morgan fingerprint density at radius 2 is 0.814 bits per heavy atom. The lowest BCUT2D eigenvalue weighted by molar-refractivity contribution is 0.304. The Morgan fingerprint density at radius 1 is 0.458 bits per heavy atom. The number of unbranched alkanes of at least 4 members (excludes halogenated alkanes) is 3. The lowest BCUT2D eigenvalue weighted by Gasteiger charge is -2.30. The van der Waals surface area contributed by atoms with E-state index in [9.17, 15) is 4.80 Å². The second-order valence-corrected chi connectivity index (χ2v) is 24.5. The fourth-order valence-electron chi connectivity index (χ4n) is 14.7. The highest BCUT2D eigenvalue weighted by Crippen LogP contribution is 2.68. The molecule has 8 aliphatic carbocycles. The number of benzene rings is 6. The molecule has 8 unspecified atom stereocenters. The summed E-state index contributed by atoms with van der Waals surface area (Å²) in [4.78, 5) is 10.4. The SMILES string of the molecule is COc1c2c(c(OCCCCCC[Si](C)(C)O)c3cc4c(cc13)C1CC4c3cc4c(cc31)C1CC4c3ccccc31)C1CC2c2cc3c(cc21)C1CC3c2ccccc21. The van der Waals surface area contributed by atoms with Crippen LogP contribution in [0.25, 0.3) is 10.8 Å². The molecule has 14 rings (SSSR count). The van der Waals surface area contributed by atoms with Crippen molar-refractivity contribution >= 4 is 19.1 Å². The molecule has 8 atom stereocenters. The van der Waals surface area contributed by atoms with Gasteiger partial charge in [0, 0.05) is 69.2 Å². The van der Waals surface area contributed by atoms with Crippen molar-refractivity contribution in [3.8, 4) is 11.5 Å². The summed E-state index contributed by atoms with van der Waals surface area (Å²) in [7, 11) is -0.0789. The first kappa shape index (κ1) is 34.1. The Bertz CT molecular complexity index is 2860. The second-order valence-electron chi connectivity index (χ2n) is 20.4. The van der Waals surface area contributed by atoms with Gasteiger partial charge in [0.1, 0.15) is 11.5 Å². The molecule has 0 heterocycles. The van der Waals surface area contributed by atoms with Gasteiger partial charge in [0.25, 0.3) is 0 Å². The van der Waals surface area contributed by atoms with E-state index in [1.54, 1.807) is 66.8 Å². The molecule has 0 aliphatic heterocycles. The standard InChI is InChI=1S/C55H52O3Si/c1-57-54-50-25-44-42-22-43(41-21-37-33-18-32(36(37)20-40(41)42)28-12-6-7-13-29(28)33)45(44)26-51(50)55(58-16-10-4-5-11-17-59(2,3)56)53-49-27-48(52(53)54)46-23-38-34-19-35(39(38)24-47(46)49)31-15-9-8-14-30(31)34/h6-9,12-15,20-21,23-26,32-35,42-43,48-49,56H,4-5,10-11,16-19,22,27H2,1-3H3. The third-order valence-corrected chi connectivity index (χ3v) is 18.6. The second kappa shape index (κ2) is 11.8. The molecule has 3 nitrogen and oxygen atoms in total. The van der Waals surface area contributed by atoms with E-state index >= 15 is 0 Å². The normalized spacial score (nSPS) is 26.8. The molecular weight excluding hydrogens is 737 g/mol. The topological polar surface area (TPSA) is 38.7 Å². The zero-order chi connectivity index (χ0) is 39.1. The maximum atomic E-state index is 10.4. The van der Waals surface area contributed by atoms with Gasteiger partial charge in [-0.3, -0.25) is 0 Å². The van der Waals surface area contributed by atoms with Crippen molar-refractivity contribution in [1.29, 1.82) is 0 Å². The summed E-state index contributed by atoms with van der Waals surface area (Å²) in [5.41, 5.74) is 24.8. The van der Waals surface area contributed by atoms with Crippen molar-refractivity contribution < 1.29 is 14.3 Å². The highest BCUT2D eigenvalue weighted by molar-refractivity contribution is 6.69. The average molecular weight is 789 g/mol. The largest absolute Gasteiger partial charge is 0.496 e. The van der Waals surface area contributed by atoms with E-state index < -0.39 is 8.32 Å². The molecule has 0 amide bonds. The van der Waals surface area contributed by atoms with Gasteiger partial charge in [-0.1, -0.05) is 92.1 Å². The van der Waals surface area contributed by atoms with Crippen molar-refractivity contribution in [2.45, 2.75) is 118 Å². The van der Waals surface area contributed by atoms with Crippen molar-refractivity contribution in [3.05, 3.63) is 174 Å². The van der Waals surface area contributed by atoms with Crippen LogP contribution in [0.15, 0.2) is 84.9 Å². The van der Waals surface area contributed by atoms with Gasteiger partial charge in [-0.15, -0.1) is 0 Å². The number of rotatable bonds is 9. The maximum Gasteiger partial charge on any atom is 0.182 e. The molecule has 6 aromatic rings. The zero-order valence-electron chi connectivity index (χ0n) is 34.5. The van der Waals surface area contributed by atoms with Gasteiger partial charge in [0.2, 0.25) is 0 Å². The Labute approximate surface area is 348 Å². The van der Waals surface area contributed by atoms with Gasteiger partial charge in [-0.2, -0.15) is 0 Å². The van der Waals surface area contributed by atoms with Crippen LogP contribution in [0.4, 0.5) is 0 Å². The molecule has 59 heavy (non-hydrogen) atoms. The molecule has 6 aromatic carbocycles. The highest BCUT2D eigenvalue weighted by atomic mass is 28.4. The van der Waals surface area contributed by atoms with Gasteiger partial charge in [-0.05, 0) is 141 Å². The van der Waals surface area contributed by atoms with E-state index in [0.29, 0.717) is 47.3 Å². The van der Waals surface area contributed by atoms with E-state index in [1.807, 2.05) is 7.11 Å². The van der Waals surface area contributed by atoms with Crippen LogP contribution < -0.4 is 9.47 Å². The molecule has 0 radical (unpaired) electrons.